The average Bonchev–Trinajstić information content (AvgIpc) is 2.85. The lowest BCUT2D eigenvalue weighted by Crippen LogP contribution is -2.34. The van der Waals surface area contributed by atoms with Gasteiger partial charge in [0, 0.05) is 17.9 Å². The highest BCUT2D eigenvalue weighted by Gasteiger charge is 2.33. The molecule has 1 heterocycles. The summed E-state index contributed by atoms with van der Waals surface area (Å²) in [6, 6.07) is 6.25. The monoisotopic (exact) mass is 273 g/mol. The van der Waals surface area contributed by atoms with Crippen molar-refractivity contribution in [3.63, 3.8) is 0 Å². The molecule has 1 aliphatic rings. The molecule has 3 rings (SSSR count). The number of aryl methyl sites for hydroxylation is 1. The van der Waals surface area contributed by atoms with Gasteiger partial charge in [-0.3, -0.25) is 0 Å². The van der Waals surface area contributed by atoms with E-state index in [1.807, 2.05) is 36.7 Å². The standard InChI is InChI=1S/C14H19N5O/c1-3-20-12-7-11(8-12)19-14(16-17-18-19)10-5-4-9(2)13(15)6-10/h4-6,11-12H,3,7-8,15H2,1-2H3. The molecule has 0 saturated heterocycles. The summed E-state index contributed by atoms with van der Waals surface area (Å²) in [5.41, 5.74) is 8.74. The lowest BCUT2D eigenvalue weighted by Gasteiger charge is -2.34. The first kappa shape index (κ1) is 13.1. The number of anilines is 1. The predicted octanol–water partition coefficient (Wildman–Crippen LogP) is 1.97. The molecule has 0 radical (unpaired) electrons. The van der Waals surface area contributed by atoms with Crippen LogP contribution in [0.3, 0.4) is 0 Å². The molecule has 6 heteroatoms. The van der Waals surface area contributed by atoms with Crippen LogP contribution >= 0.6 is 0 Å². The fourth-order valence-electron chi connectivity index (χ4n) is 2.52. The molecule has 6 nitrogen and oxygen atoms in total. The first-order valence-electron chi connectivity index (χ1n) is 6.95. The van der Waals surface area contributed by atoms with Gasteiger partial charge in [-0.1, -0.05) is 12.1 Å². The average molecular weight is 273 g/mol. The van der Waals surface area contributed by atoms with Crippen molar-refractivity contribution in [2.45, 2.75) is 38.8 Å². The molecule has 2 N–H and O–H groups in total. The zero-order chi connectivity index (χ0) is 14.1. The quantitative estimate of drug-likeness (QED) is 0.862. The molecular weight excluding hydrogens is 254 g/mol. The highest BCUT2D eigenvalue weighted by molar-refractivity contribution is 5.63. The van der Waals surface area contributed by atoms with Gasteiger partial charge >= 0.3 is 0 Å². The van der Waals surface area contributed by atoms with E-state index < -0.39 is 0 Å². The molecule has 0 unspecified atom stereocenters. The van der Waals surface area contributed by atoms with Gasteiger partial charge in [-0.2, -0.15) is 0 Å². The first-order chi connectivity index (χ1) is 9.69. The van der Waals surface area contributed by atoms with Crippen molar-refractivity contribution >= 4 is 5.69 Å². The van der Waals surface area contributed by atoms with Gasteiger partial charge in [-0.05, 0) is 48.7 Å². The van der Waals surface area contributed by atoms with Gasteiger partial charge in [-0.15, -0.1) is 5.10 Å². The molecule has 2 aromatic rings. The Morgan fingerprint density at radius 3 is 2.90 bits per heavy atom. The summed E-state index contributed by atoms with van der Waals surface area (Å²) >= 11 is 0. The molecule has 106 valence electrons. The fraction of sp³-hybridized carbons (Fsp3) is 0.500. The van der Waals surface area contributed by atoms with Crippen molar-refractivity contribution in [3.8, 4) is 11.4 Å². The fourth-order valence-corrected chi connectivity index (χ4v) is 2.52. The van der Waals surface area contributed by atoms with Crippen LogP contribution in [0.4, 0.5) is 5.69 Å². The van der Waals surface area contributed by atoms with Crippen molar-refractivity contribution in [2.75, 3.05) is 12.3 Å². The lowest BCUT2D eigenvalue weighted by atomic mass is 9.89. The molecule has 0 atom stereocenters. The molecule has 20 heavy (non-hydrogen) atoms. The van der Waals surface area contributed by atoms with Crippen LogP contribution in [0.25, 0.3) is 11.4 Å². The third-order valence-corrected chi connectivity index (χ3v) is 3.85. The zero-order valence-electron chi connectivity index (χ0n) is 11.8. The minimum atomic E-state index is 0.319. The van der Waals surface area contributed by atoms with Gasteiger partial charge in [-0.25, -0.2) is 4.68 Å². The van der Waals surface area contributed by atoms with Gasteiger partial charge in [0.25, 0.3) is 0 Å². The Morgan fingerprint density at radius 1 is 1.40 bits per heavy atom. The van der Waals surface area contributed by atoms with E-state index in [9.17, 15) is 0 Å². The SMILES string of the molecule is CCOC1CC(n2nnnc2-c2ccc(C)c(N)c2)C1. The van der Waals surface area contributed by atoms with E-state index >= 15 is 0 Å². The molecule has 1 fully saturated rings. The summed E-state index contributed by atoms with van der Waals surface area (Å²) in [5, 5.41) is 12.1. The lowest BCUT2D eigenvalue weighted by molar-refractivity contribution is -0.0227. The smallest absolute Gasteiger partial charge is 0.182 e. The Bertz CT molecular complexity index is 603. The molecule has 1 aromatic heterocycles. The summed E-state index contributed by atoms with van der Waals surface area (Å²) in [6.45, 7) is 4.76. The third kappa shape index (κ3) is 2.27. The maximum atomic E-state index is 5.96. The minimum Gasteiger partial charge on any atom is -0.398 e. The molecule has 1 aromatic carbocycles. The van der Waals surface area contributed by atoms with E-state index in [0.29, 0.717) is 12.1 Å². The number of ether oxygens (including phenoxy) is 1. The predicted molar refractivity (Wildman–Crippen MR) is 76.1 cm³/mol. The van der Waals surface area contributed by atoms with Gasteiger partial charge in [0.15, 0.2) is 5.82 Å². The summed E-state index contributed by atoms with van der Waals surface area (Å²) in [6.07, 6.45) is 2.27. The number of benzene rings is 1. The van der Waals surface area contributed by atoms with Crippen molar-refractivity contribution in [3.05, 3.63) is 23.8 Å². The molecule has 0 bridgehead atoms. The van der Waals surface area contributed by atoms with E-state index in [2.05, 4.69) is 15.5 Å². The first-order valence-corrected chi connectivity index (χ1v) is 6.95. The van der Waals surface area contributed by atoms with Crippen LogP contribution in [0, 0.1) is 6.92 Å². The van der Waals surface area contributed by atoms with Crippen LogP contribution in [0.15, 0.2) is 18.2 Å². The Hall–Kier alpha value is -1.95. The second-order valence-electron chi connectivity index (χ2n) is 5.22. The molecule has 1 aliphatic carbocycles. The van der Waals surface area contributed by atoms with Crippen molar-refractivity contribution in [1.82, 2.24) is 20.2 Å². The van der Waals surface area contributed by atoms with Crippen LogP contribution in [0.5, 0.6) is 0 Å². The van der Waals surface area contributed by atoms with Crippen LogP contribution in [-0.4, -0.2) is 32.9 Å². The van der Waals surface area contributed by atoms with Gasteiger partial charge in [0.2, 0.25) is 0 Å². The summed E-state index contributed by atoms with van der Waals surface area (Å²) in [7, 11) is 0. The Kier molecular flexibility index (Phi) is 3.40. The second-order valence-corrected chi connectivity index (χ2v) is 5.22. The maximum absolute atomic E-state index is 5.96. The molecule has 0 spiro atoms. The van der Waals surface area contributed by atoms with E-state index in [1.54, 1.807) is 0 Å². The Balaban J connectivity index is 1.82. The zero-order valence-corrected chi connectivity index (χ0v) is 11.8. The molecular formula is C14H19N5O. The number of aromatic nitrogens is 4. The van der Waals surface area contributed by atoms with E-state index in [1.165, 1.54) is 0 Å². The number of nitrogens with two attached hydrogens (primary N) is 1. The summed E-state index contributed by atoms with van der Waals surface area (Å²) in [4.78, 5) is 0. The normalized spacial score (nSPS) is 21.7. The maximum Gasteiger partial charge on any atom is 0.182 e. The summed E-state index contributed by atoms with van der Waals surface area (Å²) < 4.78 is 7.47. The Morgan fingerprint density at radius 2 is 2.20 bits per heavy atom. The molecule has 1 saturated carbocycles. The third-order valence-electron chi connectivity index (χ3n) is 3.85. The van der Waals surface area contributed by atoms with Gasteiger partial charge in [0.1, 0.15) is 0 Å². The number of rotatable bonds is 4. The number of hydrogen-bond acceptors (Lipinski definition) is 5. The highest BCUT2D eigenvalue weighted by atomic mass is 16.5. The van der Waals surface area contributed by atoms with Crippen molar-refractivity contribution in [2.24, 2.45) is 0 Å². The van der Waals surface area contributed by atoms with Crippen molar-refractivity contribution in [1.29, 1.82) is 0 Å². The molecule has 0 aliphatic heterocycles. The molecule has 0 amide bonds. The highest BCUT2D eigenvalue weighted by Crippen LogP contribution is 2.36. The van der Waals surface area contributed by atoms with Crippen LogP contribution < -0.4 is 5.73 Å². The van der Waals surface area contributed by atoms with Crippen LogP contribution in [0.1, 0.15) is 31.4 Å². The van der Waals surface area contributed by atoms with E-state index in [0.717, 1.165) is 42.1 Å². The van der Waals surface area contributed by atoms with E-state index in [-0.39, 0.29) is 0 Å². The van der Waals surface area contributed by atoms with Crippen LogP contribution in [-0.2, 0) is 4.74 Å². The van der Waals surface area contributed by atoms with Gasteiger partial charge in [0.05, 0.1) is 12.1 Å². The minimum absolute atomic E-state index is 0.319. The van der Waals surface area contributed by atoms with Crippen LogP contribution in [0.2, 0.25) is 0 Å². The van der Waals surface area contributed by atoms with Gasteiger partial charge < -0.3 is 10.5 Å². The summed E-state index contributed by atoms with van der Waals surface area (Å²) in [5.74, 6) is 0.775. The number of nitrogen functional groups attached to an aromatic ring is 1. The number of hydrogen-bond donors (Lipinski definition) is 1. The number of nitrogens with zero attached hydrogens (tertiary/aromatic N) is 4. The largest absolute Gasteiger partial charge is 0.398 e. The van der Waals surface area contributed by atoms with E-state index in [4.69, 9.17) is 10.5 Å². The Labute approximate surface area is 117 Å². The second kappa shape index (κ2) is 5.20. The number of tetrazole rings is 1. The van der Waals surface area contributed by atoms with Crippen molar-refractivity contribution < 1.29 is 4.74 Å². The topological polar surface area (TPSA) is 78.8 Å².